The van der Waals surface area contributed by atoms with Crippen LogP contribution in [0.2, 0.25) is 0 Å². The molecular formula is C10H17NO5S3. The molecule has 0 aliphatic rings. The summed E-state index contributed by atoms with van der Waals surface area (Å²) < 4.78 is 38.0. The van der Waals surface area contributed by atoms with Crippen LogP contribution in [0.15, 0.2) is 15.2 Å². The lowest BCUT2D eigenvalue weighted by molar-refractivity contribution is -0.0722. The third kappa shape index (κ3) is 5.78. The molecule has 1 rings (SSSR count). The van der Waals surface area contributed by atoms with Gasteiger partial charge in [-0.2, -0.15) is 0 Å². The highest BCUT2D eigenvalue weighted by molar-refractivity contribution is 7.99. The highest BCUT2D eigenvalue weighted by atomic mass is 32.2. The van der Waals surface area contributed by atoms with Gasteiger partial charge in [-0.15, -0.1) is 23.1 Å². The number of primary sulfonamides is 1. The van der Waals surface area contributed by atoms with Gasteiger partial charge in [0.1, 0.15) is 11.0 Å². The molecule has 0 saturated carbocycles. The van der Waals surface area contributed by atoms with Crippen molar-refractivity contribution in [2.75, 3.05) is 33.4 Å². The number of rotatable bonds is 9. The standard InChI is InChI=1S/C10H17NO5S3/c1-14-3-4-15-7-16-6-9-8(17-2)5-10(18-9)19(11,12)13/h5H,3-4,6-7H2,1-2H3,(H2,11,12,13). The summed E-state index contributed by atoms with van der Waals surface area (Å²) in [4.78, 5) is 1.68. The quantitative estimate of drug-likeness (QED) is 0.417. The molecule has 0 spiro atoms. The molecule has 0 aromatic carbocycles. The fourth-order valence-corrected chi connectivity index (χ4v) is 4.01. The molecule has 0 unspecified atom stereocenters. The van der Waals surface area contributed by atoms with Crippen molar-refractivity contribution in [3.8, 4) is 0 Å². The second kappa shape index (κ2) is 8.20. The molecule has 0 saturated heterocycles. The summed E-state index contributed by atoms with van der Waals surface area (Å²) >= 11 is 2.57. The number of thiophene rings is 1. The molecule has 0 atom stereocenters. The molecular weight excluding hydrogens is 310 g/mol. The Kier molecular flexibility index (Phi) is 7.29. The van der Waals surface area contributed by atoms with Crippen LogP contribution in [0.25, 0.3) is 0 Å². The Balaban J connectivity index is 2.51. The second-order valence-corrected chi connectivity index (χ2v) is 7.24. The maximum atomic E-state index is 11.3. The molecule has 2 N–H and O–H groups in total. The van der Waals surface area contributed by atoms with Crippen LogP contribution in [-0.4, -0.2) is 41.8 Å². The Morgan fingerprint density at radius 3 is 2.68 bits per heavy atom. The van der Waals surface area contributed by atoms with E-state index in [1.807, 2.05) is 6.26 Å². The van der Waals surface area contributed by atoms with E-state index in [0.29, 0.717) is 19.8 Å². The van der Waals surface area contributed by atoms with E-state index in [0.717, 1.165) is 21.1 Å². The van der Waals surface area contributed by atoms with E-state index in [9.17, 15) is 8.42 Å². The molecule has 0 radical (unpaired) electrons. The van der Waals surface area contributed by atoms with E-state index < -0.39 is 10.0 Å². The molecule has 19 heavy (non-hydrogen) atoms. The second-order valence-electron chi connectivity index (χ2n) is 3.47. The predicted molar refractivity (Wildman–Crippen MR) is 75.0 cm³/mol. The molecule has 9 heteroatoms. The van der Waals surface area contributed by atoms with Crippen LogP contribution >= 0.6 is 23.1 Å². The fourth-order valence-electron chi connectivity index (χ4n) is 1.20. The minimum Gasteiger partial charge on any atom is -0.382 e. The molecule has 110 valence electrons. The smallest absolute Gasteiger partial charge is 0.247 e. The minimum atomic E-state index is -3.66. The Hall–Kier alpha value is -0.160. The number of thioether (sulfide) groups is 1. The van der Waals surface area contributed by atoms with Gasteiger partial charge in [-0.05, 0) is 12.3 Å². The summed E-state index contributed by atoms with van der Waals surface area (Å²) in [6, 6.07) is 1.56. The van der Waals surface area contributed by atoms with Crippen LogP contribution in [0.3, 0.4) is 0 Å². The molecule has 0 aliphatic heterocycles. The van der Waals surface area contributed by atoms with E-state index >= 15 is 0 Å². The number of methoxy groups -OCH3 is 1. The van der Waals surface area contributed by atoms with Crippen molar-refractivity contribution in [3.05, 3.63) is 10.9 Å². The molecule has 0 bridgehead atoms. The summed E-state index contributed by atoms with van der Waals surface area (Å²) in [6.07, 6.45) is 1.87. The Bertz CT molecular complexity index is 485. The van der Waals surface area contributed by atoms with Gasteiger partial charge in [0.2, 0.25) is 10.0 Å². The van der Waals surface area contributed by atoms with Crippen molar-refractivity contribution in [1.82, 2.24) is 0 Å². The zero-order valence-electron chi connectivity index (χ0n) is 10.7. The maximum absolute atomic E-state index is 11.3. The maximum Gasteiger partial charge on any atom is 0.247 e. The minimum absolute atomic E-state index is 0.139. The summed E-state index contributed by atoms with van der Waals surface area (Å²) in [7, 11) is -2.06. The molecule has 1 heterocycles. The van der Waals surface area contributed by atoms with Gasteiger partial charge in [-0.25, -0.2) is 13.6 Å². The van der Waals surface area contributed by atoms with Gasteiger partial charge >= 0.3 is 0 Å². The topological polar surface area (TPSA) is 87.8 Å². The average molecular weight is 327 g/mol. The zero-order valence-corrected chi connectivity index (χ0v) is 13.2. The molecule has 1 aromatic heterocycles. The monoisotopic (exact) mass is 327 g/mol. The van der Waals surface area contributed by atoms with Crippen molar-refractivity contribution in [1.29, 1.82) is 0 Å². The summed E-state index contributed by atoms with van der Waals surface area (Å²) in [6.45, 7) is 1.40. The normalized spacial score (nSPS) is 11.9. The first-order chi connectivity index (χ1) is 8.99. The van der Waals surface area contributed by atoms with Crippen molar-refractivity contribution >= 4 is 33.1 Å². The van der Waals surface area contributed by atoms with Crippen LogP contribution in [-0.2, 0) is 30.8 Å². The van der Waals surface area contributed by atoms with Gasteiger partial charge in [-0.1, -0.05) is 0 Å². The number of ether oxygens (including phenoxy) is 3. The first-order valence-electron chi connectivity index (χ1n) is 5.33. The summed E-state index contributed by atoms with van der Waals surface area (Å²) in [5.41, 5.74) is 0. The van der Waals surface area contributed by atoms with Crippen LogP contribution in [0, 0.1) is 0 Å². The first kappa shape index (κ1) is 16.9. The summed E-state index contributed by atoms with van der Waals surface area (Å²) in [5, 5.41) is 5.10. The Labute approximate surface area is 121 Å². The highest BCUT2D eigenvalue weighted by Crippen LogP contribution is 2.32. The molecule has 6 nitrogen and oxygen atoms in total. The number of sulfonamides is 1. The van der Waals surface area contributed by atoms with Crippen LogP contribution in [0.1, 0.15) is 4.88 Å². The third-order valence-corrected chi connectivity index (χ3v) is 5.54. The van der Waals surface area contributed by atoms with Crippen molar-refractivity contribution in [3.63, 3.8) is 0 Å². The van der Waals surface area contributed by atoms with Crippen LogP contribution in [0.4, 0.5) is 0 Å². The lowest BCUT2D eigenvalue weighted by Crippen LogP contribution is -2.09. The first-order valence-corrected chi connectivity index (χ1v) is 8.91. The lowest BCUT2D eigenvalue weighted by atomic mass is 10.5. The van der Waals surface area contributed by atoms with E-state index in [2.05, 4.69) is 0 Å². The largest absolute Gasteiger partial charge is 0.382 e. The third-order valence-electron chi connectivity index (χ3n) is 2.08. The van der Waals surface area contributed by atoms with Gasteiger partial charge in [-0.3, -0.25) is 0 Å². The van der Waals surface area contributed by atoms with E-state index in [1.54, 1.807) is 13.2 Å². The molecule has 0 aliphatic carbocycles. The van der Waals surface area contributed by atoms with Crippen molar-refractivity contribution in [2.45, 2.75) is 15.7 Å². The molecule has 0 fully saturated rings. The molecule has 1 aromatic rings. The van der Waals surface area contributed by atoms with Gasteiger partial charge in [0, 0.05) is 16.9 Å². The average Bonchev–Trinajstić information content (AvgIpc) is 2.76. The van der Waals surface area contributed by atoms with Crippen molar-refractivity contribution in [2.24, 2.45) is 5.14 Å². The predicted octanol–water partition coefficient (Wildman–Crippen LogP) is 1.25. The van der Waals surface area contributed by atoms with Gasteiger partial charge < -0.3 is 14.2 Å². The summed E-state index contributed by atoms with van der Waals surface area (Å²) in [5.74, 6) is 0. The molecule has 0 amide bonds. The van der Waals surface area contributed by atoms with E-state index in [1.165, 1.54) is 11.8 Å². The number of hydrogen-bond donors (Lipinski definition) is 1. The van der Waals surface area contributed by atoms with Gasteiger partial charge in [0.05, 0.1) is 19.8 Å². The Morgan fingerprint density at radius 1 is 1.37 bits per heavy atom. The van der Waals surface area contributed by atoms with E-state index in [-0.39, 0.29) is 11.0 Å². The fraction of sp³-hybridized carbons (Fsp3) is 0.600. The zero-order chi connectivity index (χ0) is 14.3. The number of nitrogens with two attached hydrogens (primary N) is 1. The van der Waals surface area contributed by atoms with E-state index in [4.69, 9.17) is 19.3 Å². The van der Waals surface area contributed by atoms with Crippen LogP contribution in [0.5, 0.6) is 0 Å². The highest BCUT2D eigenvalue weighted by Gasteiger charge is 2.16. The Morgan fingerprint density at radius 2 is 2.11 bits per heavy atom. The van der Waals surface area contributed by atoms with Crippen LogP contribution < -0.4 is 5.14 Å². The lowest BCUT2D eigenvalue weighted by Gasteiger charge is -2.05. The van der Waals surface area contributed by atoms with Crippen molar-refractivity contribution < 1.29 is 22.6 Å². The van der Waals surface area contributed by atoms with Gasteiger partial charge in [0.15, 0.2) is 0 Å². The van der Waals surface area contributed by atoms with Gasteiger partial charge in [0.25, 0.3) is 0 Å². The number of hydrogen-bond acceptors (Lipinski definition) is 7. The SMILES string of the molecule is COCCOCOCc1sc(S(N)(=O)=O)cc1SC.